The highest BCUT2D eigenvalue weighted by Crippen LogP contribution is 2.25. The van der Waals surface area contributed by atoms with Crippen LogP contribution in [0.5, 0.6) is 5.75 Å². The number of fused-ring (bicyclic) bond motifs is 1. The van der Waals surface area contributed by atoms with E-state index in [9.17, 15) is 0 Å². The molecule has 0 aromatic heterocycles. The van der Waals surface area contributed by atoms with Gasteiger partial charge in [0.15, 0.2) is 0 Å². The van der Waals surface area contributed by atoms with Gasteiger partial charge in [-0.25, -0.2) is 0 Å². The van der Waals surface area contributed by atoms with Crippen molar-refractivity contribution >= 4 is 10.8 Å². The first-order chi connectivity index (χ1) is 8.74. The molecule has 18 heavy (non-hydrogen) atoms. The first-order valence-corrected chi connectivity index (χ1v) is 6.55. The molecule has 0 aliphatic heterocycles. The van der Waals surface area contributed by atoms with E-state index in [-0.39, 0.29) is 6.04 Å². The molecule has 2 nitrogen and oxygen atoms in total. The molecule has 0 aliphatic rings. The van der Waals surface area contributed by atoms with Gasteiger partial charge in [0.2, 0.25) is 0 Å². The van der Waals surface area contributed by atoms with E-state index in [1.165, 1.54) is 16.3 Å². The molecule has 0 amide bonds. The Morgan fingerprint density at radius 1 is 1.22 bits per heavy atom. The van der Waals surface area contributed by atoms with Crippen LogP contribution >= 0.6 is 0 Å². The normalized spacial score (nSPS) is 12.6. The summed E-state index contributed by atoms with van der Waals surface area (Å²) in [5.74, 6) is 0.902. The van der Waals surface area contributed by atoms with Crippen molar-refractivity contribution < 1.29 is 4.74 Å². The highest BCUT2D eigenvalue weighted by Gasteiger charge is 2.07. The molecule has 2 N–H and O–H groups in total. The van der Waals surface area contributed by atoms with E-state index >= 15 is 0 Å². The van der Waals surface area contributed by atoms with Gasteiger partial charge in [-0.15, -0.1) is 0 Å². The first-order valence-electron chi connectivity index (χ1n) is 6.55. The number of nitrogens with two attached hydrogens (primary N) is 1. The summed E-state index contributed by atoms with van der Waals surface area (Å²) in [6, 6.07) is 12.8. The van der Waals surface area contributed by atoms with Crippen LogP contribution in [0, 0.1) is 0 Å². The topological polar surface area (TPSA) is 35.2 Å². The average molecular weight is 243 g/mol. The standard InChI is InChI=1S/C16H21NO/c1-3-5-14(17)10-13-7-4-6-12-8-9-15(18-2)11-16(12)13/h4,6-9,11,14H,3,5,10,17H2,1-2H3/t14-/m0/s1. The van der Waals surface area contributed by atoms with Gasteiger partial charge in [0.05, 0.1) is 7.11 Å². The van der Waals surface area contributed by atoms with Crippen LogP contribution in [0.1, 0.15) is 25.3 Å². The molecule has 0 saturated heterocycles. The molecule has 0 radical (unpaired) electrons. The molecule has 0 aliphatic carbocycles. The van der Waals surface area contributed by atoms with Crippen LogP contribution in [-0.4, -0.2) is 13.2 Å². The van der Waals surface area contributed by atoms with Crippen LogP contribution in [0.15, 0.2) is 36.4 Å². The second-order valence-corrected chi connectivity index (χ2v) is 4.76. The number of benzene rings is 2. The van der Waals surface area contributed by atoms with Crippen molar-refractivity contribution in [2.45, 2.75) is 32.2 Å². The lowest BCUT2D eigenvalue weighted by atomic mass is 9.97. The summed E-state index contributed by atoms with van der Waals surface area (Å²) >= 11 is 0. The summed E-state index contributed by atoms with van der Waals surface area (Å²) in [5.41, 5.74) is 7.46. The third-order valence-corrected chi connectivity index (χ3v) is 3.32. The van der Waals surface area contributed by atoms with Crippen molar-refractivity contribution in [1.29, 1.82) is 0 Å². The lowest BCUT2D eigenvalue weighted by Gasteiger charge is -2.13. The second kappa shape index (κ2) is 5.87. The van der Waals surface area contributed by atoms with E-state index in [1.54, 1.807) is 7.11 Å². The van der Waals surface area contributed by atoms with E-state index < -0.39 is 0 Å². The highest BCUT2D eigenvalue weighted by molar-refractivity contribution is 5.87. The Kier molecular flexibility index (Phi) is 4.21. The lowest BCUT2D eigenvalue weighted by Crippen LogP contribution is -2.22. The Bertz CT molecular complexity index is 521. The van der Waals surface area contributed by atoms with Gasteiger partial charge in [0, 0.05) is 6.04 Å². The average Bonchev–Trinajstić information content (AvgIpc) is 2.39. The van der Waals surface area contributed by atoms with Crippen molar-refractivity contribution in [3.05, 3.63) is 42.0 Å². The fraction of sp³-hybridized carbons (Fsp3) is 0.375. The Hall–Kier alpha value is -1.54. The number of rotatable bonds is 5. The minimum atomic E-state index is 0.242. The second-order valence-electron chi connectivity index (χ2n) is 4.76. The maximum absolute atomic E-state index is 6.15. The maximum atomic E-state index is 6.15. The van der Waals surface area contributed by atoms with Crippen LogP contribution in [0.25, 0.3) is 10.8 Å². The summed E-state index contributed by atoms with van der Waals surface area (Å²) < 4.78 is 5.30. The summed E-state index contributed by atoms with van der Waals surface area (Å²) in [5, 5.41) is 2.50. The van der Waals surface area contributed by atoms with Crippen LogP contribution in [0.3, 0.4) is 0 Å². The lowest BCUT2D eigenvalue weighted by molar-refractivity contribution is 0.415. The van der Waals surface area contributed by atoms with Crippen LogP contribution in [-0.2, 0) is 6.42 Å². The molecule has 0 saturated carbocycles. The molecular weight excluding hydrogens is 222 g/mol. The van der Waals surface area contributed by atoms with Crippen molar-refractivity contribution in [2.24, 2.45) is 5.73 Å². The number of hydrogen-bond donors (Lipinski definition) is 1. The van der Waals surface area contributed by atoms with Gasteiger partial charge >= 0.3 is 0 Å². The highest BCUT2D eigenvalue weighted by atomic mass is 16.5. The van der Waals surface area contributed by atoms with Crippen LogP contribution in [0.2, 0.25) is 0 Å². The van der Waals surface area contributed by atoms with E-state index in [4.69, 9.17) is 10.5 Å². The maximum Gasteiger partial charge on any atom is 0.119 e. The Morgan fingerprint density at radius 3 is 2.78 bits per heavy atom. The van der Waals surface area contributed by atoms with Crippen molar-refractivity contribution in [3.8, 4) is 5.75 Å². The molecule has 0 spiro atoms. The molecule has 0 unspecified atom stereocenters. The Morgan fingerprint density at radius 2 is 2.06 bits per heavy atom. The summed E-state index contributed by atoms with van der Waals surface area (Å²) in [6.07, 6.45) is 3.13. The number of hydrogen-bond acceptors (Lipinski definition) is 2. The molecular formula is C16H21NO. The predicted octanol–water partition coefficient (Wildman–Crippen LogP) is 3.52. The minimum absolute atomic E-state index is 0.242. The van der Waals surface area contributed by atoms with Gasteiger partial charge in [0.25, 0.3) is 0 Å². The molecule has 96 valence electrons. The molecule has 1 atom stereocenters. The molecule has 0 bridgehead atoms. The van der Waals surface area contributed by atoms with Crippen molar-refractivity contribution in [2.75, 3.05) is 7.11 Å². The predicted molar refractivity (Wildman–Crippen MR) is 77.1 cm³/mol. The fourth-order valence-electron chi connectivity index (χ4n) is 2.38. The monoisotopic (exact) mass is 243 g/mol. The third-order valence-electron chi connectivity index (χ3n) is 3.32. The fourth-order valence-corrected chi connectivity index (χ4v) is 2.38. The zero-order valence-electron chi connectivity index (χ0n) is 11.1. The van der Waals surface area contributed by atoms with Crippen molar-refractivity contribution in [3.63, 3.8) is 0 Å². The van der Waals surface area contributed by atoms with Gasteiger partial charge in [-0.2, -0.15) is 0 Å². The molecule has 2 aromatic rings. The molecule has 2 aromatic carbocycles. The first kappa shape index (κ1) is 12.9. The van der Waals surface area contributed by atoms with E-state index in [0.717, 1.165) is 25.0 Å². The van der Waals surface area contributed by atoms with E-state index in [0.29, 0.717) is 0 Å². The van der Waals surface area contributed by atoms with Crippen LogP contribution in [0.4, 0.5) is 0 Å². The SMILES string of the molecule is CCC[C@H](N)Cc1cccc2ccc(OC)cc12. The zero-order chi connectivity index (χ0) is 13.0. The minimum Gasteiger partial charge on any atom is -0.497 e. The summed E-state index contributed by atoms with van der Waals surface area (Å²) in [7, 11) is 1.70. The summed E-state index contributed by atoms with van der Waals surface area (Å²) in [4.78, 5) is 0. The smallest absolute Gasteiger partial charge is 0.119 e. The largest absolute Gasteiger partial charge is 0.497 e. The van der Waals surface area contributed by atoms with E-state index in [1.807, 2.05) is 6.07 Å². The third kappa shape index (κ3) is 2.82. The number of ether oxygens (including phenoxy) is 1. The van der Waals surface area contributed by atoms with Gasteiger partial charge in [0.1, 0.15) is 5.75 Å². The van der Waals surface area contributed by atoms with Crippen LogP contribution < -0.4 is 10.5 Å². The Labute approximate surface area is 109 Å². The number of methoxy groups -OCH3 is 1. The van der Waals surface area contributed by atoms with Crippen molar-refractivity contribution in [1.82, 2.24) is 0 Å². The van der Waals surface area contributed by atoms with Gasteiger partial charge < -0.3 is 10.5 Å². The molecule has 0 fully saturated rings. The van der Waals surface area contributed by atoms with Gasteiger partial charge in [-0.05, 0) is 41.3 Å². The quantitative estimate of drug-likeness (QED) is 0.872. The van der Waals surface area contributed by atoms with E-state index in [2.05, 4.69) is 37.3 Å². The van der Waals surface area contributed by atoms with Gasteiger partial charge in [-0.1, -0.05) is 37.6 Å². The summed E-state index contributed by atoms with van der Waals surface area (Å²) in [6.45, 7) is 2.17. The molecule has 2 heteroatoms. The zero-order valence-corrected chi connectivity index (χ0v) is 11.1. The van der Waals surface area contributed by atoms with Gasteiger partial charge in [-0.3, -0.25) is 0 Å². The molecule has 2 rings (SSSR count). The molecule has 0 heterocycles. The Balaban J connectivity index is 2.36.